The Morgan fingerprint density at radius 1 is 1.50 bits per heavy atom. The molecular weight excluding hydrogens is 234 g/mol. The van der Waals surface area contributed by atoms with Gasteiger partial charge in [-0.15, -0.1) is 0 Å². The van der Waals surface area contributed by atoms with E-state index < -0.39 is 17.9 Å². The molecule has 0 fully saturated rings. The average Bonchev–Trinajstić information content (AvgIpc) is 2.27. The Morgan fingerprint density at radius 3 is 2.67 bits per heavy atom. The van der Waals surface area contributed by atoms with Gasteiger partial charge in [0.05, 0.1) is 5.69 Å². The predicted molar refractivity (Wildman–Crippen MR) is 67.0 cm³/mol. The van der Waals surface area contributed by atoms with Gasteiger partial charge in [0.2, 0.25) is 0 Å². The van der Waals surface area contributed by atoms with E-state index >= 15 is 0 Å². The molecule has 0 spiro atoms. The van der Waals surface area contributed by atoms with Gasteiger partial charge in [0.1, 0.15) is 6.04 Å². The van der Waals surface area contributed by atoms with Crippen LogP contribution in [-0.4, -0.2) is 28.0 Å². The normalized spacial score (nSPS) is 12.2. The van der Waals surface area contributed by atoms with Crippen molar-refractivity contribution in [2.45, 2.75) is 26.3 Å². The second kappa shape index (κ2) is 6.00. The van der Waals surface area contributed by atoms with Gasteiger partial charge < -0.3 is 16.2 Å². The summed E-state index contributed by atoms with van der Waals surface area (Å²) in [5.74, 6) is -1.47. The van der Waals surface area contributed by atoms with Crippen molar-refractivity contribution >= 4 is 17.6 Å². The standard InChI is InChI=1S/C12H17N3O3/c1-7(2)6-9(12(17)18)15-11(16)10-8(13)4-3-5-14-10/h3-5,7,9H,6,13H2,1-2H3,(H,15,16)(H,17,18)/t9-/m1/s1. The molecule has 0 aromatic carbocycles. The number of aromatic nitrogens is 1. The van der Waals surface area contributed by atoms with Crippen LogP contribution in [0.2, 0.25) is 0 Å². The van der Waals surface area contributed by atoms with Gasteiger partial charge in [0.15, 0.2) is 5.69 Å². The number of nitrogen functional groups attached to an aromatic ring is 1. The van der Waals surface area contributed by atoms with E-state index in [1.165, 1.54) is 6.20 Å². The Labute approximate surface area is 105 Å². The Kier molecular flexibility index (Phi) is 4.65. The molecule has 0 radical (unpaired) electrons. The van der Waals surface area contributed by atoms with E-state index in [0.717, 1.165) is 0 Å². The van der Waals surface area contributed by atoms with Crippen LogP contribution in [0.15, 0.2) is 18.3 Å². The van der Waals surface area contributed by atoms with Gasteiger partial charge in [-0.3, -0.25) is 4.79 Å². The molecule has 18 heavy (non-hydrogen) atoms. The van der Waals surface area contributed by atoms with E-state index in [1.807, 2.05) is 13.8 Å². The molecule has 6 heteroatoms. The number of nitrogens with zero attached hydrogens (tertiary/aromatic N) is 1. The maximum Gasteiger partial charge on any atom is 0.326 e. The first-order valence-electron chi connectivity index (χ1n) is 5.66. The van der Waals surface area contributed by atoms with Crippen molar-refractivity contribution in [2.24, 2.45) is 5.92 Å². The summed E-state index contributed by atoms with van der Waals surface area (Å²) in [6, 6.07) is 2.22. The summed E-state index contributed by atoms with van der Waals surface area (Å²) in [7, 11) is 0. The largest absolute Gasteiger partial charge is 0.480 e. The molecule has 0 bridgehead atoms. The quantitative estimate of drug-likeness (QED) is 0.720. The number of anilines is 1. The smallest absolute Gasteiger partial charge is 0.326 e. The minimum Gasteiger partial charge on any atom is -0.480 e. The lowest BCUT2D eigenvalue weighted by Crippen LogP contribution is -2.42. The highest BCUT2D eigenvalue weighted by Crippen LogP contribution is 2.09. The highest BCUT2D eigenvalue weighted by Gasteiger charge is 2.23. The average molecular weight is 251 g/mol. The van der Waals surface area contributed by atoms with Crippen LogP contribution in [0.4, 0.5) is 5.69 Å². The number of pyridine rings is 1. The highest BCUT2D eigenvalue weighted by atomic mass is 16.4. The van der Waals surface area contributed by atoms with Crippen LogP contribution in [0.25, 0.3) is 0 Å². The third-order valence-electron chi connectivity index (χ3n) is 2.36. The van der Waals surface area contributed by atoms with Crippen molar-refractivity contribution in [3.8, 4) is 0 Å². The predicted octanol–water partition coefficient (Wildman–Crippen LogP) is 0.893. The molecule has 6 nitrogen and oxygen atoms in total. The molecule has 1 heterocycles. The summed E-state index contributed by atoms with van der Waals surface area (Å²) in [6.45, 7) is 3.77. The molecule has 0 aliphatic carbocycles. The summed E-state index contributed by atoms with van der Waals surface area (Å²) < 4.78 is 0. The number of carboxylic acid groups (broad SMARTS) is 1. The summed E-state index contributed by atoms with van der Waals surface area (Å²) in [5, 5.41) is 11.4. The summed E-state index contributed by atoms with van der Waals surface area (Å²) >= 11 is 0. The maximum atomic E-state index is 11.8. The minimum atomic E-state index is -1.06. The minimum absolute atomic E-state index is 0.0486. The highest BCUT2D eigenvalue weighted by molar-refractivity contribution is 5.98. The van der Waals surface area contributed by atoms with Gasteiger partial charge in [-0.1, -0.05) is 13.8 Å². The SMILES string of the molecule is CC(C)C[C@@H](NC(=O)c1ncccc1N)C(=O)O. The molecule has 1 aromatic heterocycles. The number of amides is 1. The number of carbonyl (C=O) groups excluding carboxylic acids is 1. The fraction of sp³-hybridized carbons (Fsp3) is 0.417. The first kappa shape index (κ1) is 14.0. The Hall–Kier alpha value is -2.11. The number of nitrogens with two attached hydrogens (primary N) is 1. The lowest BCUT2D eigenvalue weighted by Gasteiger charge is -2.16. The number of rotatable bonds is 5. The second-order valence-electron chi connectivity index (χ2n) is 4.44. The number of hydrogen-bond acceptors (Lipinski definition) is 4. The zero-order valence-electron chi connectivity index (χ0n) is 10.4. The van der Waals surface area contributed by atoms with Crippen LogP contribution in [-0.2, 0) is 4.79 Å². The molecule has 4 N–H and O–H groups in total. The van der Waals surface area contributed by atoms with Gasteiger partial charge in [0, 0.05) is 6.20 Å². The van der Waals surface area contributed by atoms with Crippen molar-refractivity contribution < 1.29 is 14.7 Å². The van der Waals surface area contributed by atoms with Crippen LogP contribution < -0.4 is 11.1 Å². The Morgan fingerprint density at radius 2 is 2.17 bits per heavy atom. The van der Waals surface area contributed by atoms with Crippen molar-refractivity contribution in [1.82, 2.24) is 10.3 Å². The first-order chi connectivity index (χ1) is 8.41. The Balaban J connectivity index is 2.79. The fourth-order valence-electron chi connectivity index (χ4n) is 1.53. The number of hydrogen-bond donors (Lipinski definition) is 3. The van der Waals surface area contributed by atoms with E-state index in [4.69, 9.17) is 10.8 Å². The molecule has 1 rings (SSSR count). The van der Waals surface area contributed by atoms with Crippen LogP contribution in [0.1, 0.15) is 30.8 Å². The number of aliphatic carboxylic acids is 1. The number of carbonyl (C=O) groups is 2. The molecule has 0 aliphatic rings. The molecule has 1 atom stereocenters. The molecule has 0 aliphatic heterocycles. The molecule has 0 unspecified atom stereocenters. The van der Waals surface area contributed by atoms with E-state index in [9.17, 15) is 9.59 Å². The summed E-state index contributed by atoms with van der Waals surface area (Å²) in [6.07, 6.45) is 1.79. The molecule has 1 aromatic rings. The van der Waals surface area contributed by atoms with Crippen LogP contribution in [0, 0.1) is 5.92 Å². The van der Waals surface area contributed by atoms with Crippen molar-refractivity contribution in [3.05, 3.63) is 24.0 Å². The zero-order valence-corrected chi connectivity index (χ0v) is 10.4. The molecule has 1 amide bonds. The fourth-order valence-corrected chi connectivity index (χ4v) is 1.53. The lowest BCUT2D eigenvalue weighted by molar-refractivity contribution is -0.139. The number of carboxylic acids is 1. The molecule has 0 saturated carbocycles. The van der Waals surface area contributed by atoms with Crippen molar-refractivity contribution in [2.75, 3.05) is 5.73 Å². The molecule has 98 valence electrons. The maximum absolute atomic E-state index is 11.8. The van der Waals surface area contributed by atoms with E-state index in [-0.39, 0.29) is 17.3 Å². The van der Waals surface area contributed by atoms with Gasteiger partial charge in [-0.2, -0.15) is 0 Å². The third-order valence-corrected chi connectivity index (χ3v) is 2.36. The molecular formula is C12H17N3O3. The summed E-state index contributed by atoms with van der Waals surface area (Å²) in [5.41, 5.74) is 5.88. The topological polar surface area (TPSA) is 105 Å². The van der Waals surface area contributed by atoms with Crippen molar-refractivity contribution in [1.29, 1.82) is 0 Å². The zero-order chi connectivity index (χ0) is 13.7. The summed E-state index contributed by atoms with van der Waals surface area (Å²) in [4.78, 5) is 26.7. The third kappa shape index (κ3) is 3.73. The van der Waals surface area contributed by atoms with Crippen LogP contribution >= 0.6 is 0 Å². The van der Waals surface area contributed by atoms with Crippen LogP contribution in [0.5, 0.6) is 0 Å². The van der Waals surface area contributed by atoms with Gasteiger partial charge in [-0.25, -0.2) is 9.78 Å². The van der Waals surface area contributed by atoms with Crippen LogP contribution in [0.3, 0.4) is 0 Å². The van der Waals surface area contributed by atoms with Crippen molar-refractivity contribution in [3.63, 3.8) is 0 Å². The second-order valence-corrected chi connectivity index (χ2v) is 4.44. The Bertz CT molecular complexity index is 446. The van der Waals surface area contributed by atoms with E-state index in [1.54, 1.807) is 12.1 Å². The van der Waals surface area contributed by atoms with Gasteiger partial charge in [0.25, 0.3) is 5.91 Å². The van der Waals surface area contributed by atoms with Gasteiger partial charge in [-0.05, 0) is 24.5 Å². The molecule has 0 saturated heterocycles. The first-order valence-corrected chi connectivity index (χ1v) is 5.66. The van der Waals surface area contributed by atoms with Gasteiger partial charge >= 0.3 is 5.97 Å². The van der Waals surface area contributed by atoms with E-state index in [0.29, 0.717) is 6.42 Å². The van der Waals surface area contributed by atoms with E-state index in [2.05, 4.69) is 10.3 Å². The lowest BCUT2D eigenvalue weighted by atomic mass is 10.0. The monoisotopic (exact) mass is 251 g/mol. The number of nitrogens with one attached hydrogen (secondary N) is 1.